The maximum Gasteiger partial charge on any atom is 0.469 e. The average Bonchev–Trinajstić information content (AvgIpc) is 2.73. The second-order valence-corrected chi connectivity index (χ2v) is 6.94. The Kier molecular flexibility index (Phi) is 8.98. The molecule has 0 saturated heterocycles. The number of aryl methyl sites for hydroxylation is 1. The van der Waals surface area contributed by atoms with Crippen LogP contribution in [0.15, 0.2) is 11.7 Å². The van der Waals surface area contributed by atoms with Crippen LogP contribution in [0.25, 0.3) is 0 Å². The van der Waals surface area contributed by atoms with Crippen LogP contribution in [0.4, 0.5) is 5.82 Å². The highest BCUT2D eigenvalue weighted by atomic mass is 35.5. The zero-order chi connectivity index (χ0) is 16.3. The number of anilines is 1. The summed E-state index contributed by atoms with van der Waals surface area (Å²) >= 11 is 1.50. The maximum absolute atomic E-state index is 10.7. The van der Waals surface area contributed by atoms with Gasteiger partial charge in [0.05, 0.1) is 17.0 Å². The summed E-state index contributed by atoms with van der Waals surface area (Å²) in [4.78, 5) is 26.6. The van der Waals surface area contributed by atoms with Gasteiger partial charge in [0, 0.05) is 19.5 Å². The minimum absolute atomic E-state index is 0. The fourth-order valence-electron chi connectivity index (χ4n) is 1.92. The third-order valence-corrected chi connectivity index (χ3v) is 4.77. The lowest BCUT2D eigenvalue weighted by atomic mass is 10.2. The number of phosphoric ester groups is 1. The standard InChI is InChI=1S/C12H17N4O4PS.CH4.ClH/c1-8-11(3-4-20-21(17,18)19)22-7-16(8)6-10-5-14-9(2)15-12(10)13;;/h5,7H,3-4,6H2,1-2H3,(H3-,13,14,15,17,18,19);1H4;1H. The SMILES string of the molecule is C.Cc1ncc(C[n+]2csc(CCOP(=O)(O)O)c2C)c(N)n1.[Cl-]. The molecule has 0 fully saturated rings. The summed E-state index contributed by atoms with van der Waals surface area (Å²) in [5.41, 5.74) is 9.65. The quantitative estimate of drug-likeness (QED) is 0.395. The van der Waals surface area contributed by atoms with E-state index in [1.165, 1.54) is 11.3 Å². The van der Waals surface area contributed by atoms with Gasteiger partial charge in [-0.3, -0.25) is 4.52 Å². The van der Waals surface area contributed by atoms with Crippen molar-refractivity contribution < 1.29 is 35.8 Å². The fraction of sp³-hybridized carbons (Fsp3) is 0.462. The molecule has 0 amide bonds. The van der Waals surface area contributed by atoms with Crippen LogP contribution in [0.1, 0.15) is 29.4 Å². The van der Waals surface area contributed by atoms with Crippen molar-refractivity contribution in [1.29, 1.82) is 0 Å². The lowest BCUT2D eigenvalue weighted by Crippen LogP contribution is -3.00. The minimum Gasteiger partial charge on any atom is -1.00 e. The molecule has 2 aromatic heterocycles. The molecule has 2 heterocycles. The molecule has 0 spiro atoms. The molecule has 0 bridgehead atoms. The Morgan fingerprint density at radius 1 is 1.42 bits per heavy atom. The summed E-state index contributed by atoms with van der Waals surface area (Å²) in [5.74, 6) is 1.08. The van der Waals surface area contributed by atoms with E-state index < -0.39 is 7.82 Å². The van der Waals surface area contributed by atoms with E-state index in [2.05, 4.69) is 14.5 Å². The van der Waals surface area contributed by atoms with Gasteiger partial charge in [-0.2, -0.15) is 4.57 Å². The van der Waals surface area contributed by atoms with Crippen molar-refractivity contribution in [2.45, 2.75) is 34.2 Å². The van der Waals surface area contributed by atoms with Gasteiger partial charge in [0.2, 0.25) is 5.51 Å². The molecular formula is C13H22ClN4O4PS. The van der Waals surface area contributed by atoms with E-state index in [0.717, 1.165) is 16.1 Å². The Balaban J connectivity index is 0.00000264. The molecular weight excluding hydrogens is 375 g/mol. The molecule has 0 radical (unpaired) electrons. The number of aromatic nitrogens is 3. The van der Waals surface area contributed by atoms with Crippen LogP contribution in [0.5, 0.6) is 0 Å². The first-order valence-corrected chi connectivity index (χ1v) is 8.92. The molecule has 24 heavy (non-hydrogen) atoms. The average molecular weight is 397 g/mol. The van der Waals surface area contributed by atoms with Gasteiger partial charge in [-0.05, 0) is 6.92 Å². The second kappa shape index (κ2) is 9.41. The summed E-state index contributed by atoms with van der Waals surface area (Å²) in [6.07, 6.45) is 2.15. The largest absolute Gasteiger partial charge is 1.00 e. The van der Waals surface area contributed by atoms with Crippen molar-refractivity contribution in [3.63, 3.8) is 0 Å². The number of hydrogen-bond acceptors (Lipinski definition) is 6. The number of rotatable bonds is 6. The van der Waals surface area contributed by atoms with Gasteiger partial charge < -0.3 is 27.9 Å². The molecule has 0 aliphatic heterocycles. The molecule has 0 aromatic carbocycles. The highest BCUT2D eigenvalue weighted by Crippen LogP contribution is 2.35. The van der Waals surface area contributed by atoms with Crippen LogP contribution in [0.2, 0.25) is 0 Å². The lowest BCUT2D eigenvalue weighted by molar-refractivity contribution is -0.689. The van der Waals surface area contributed by atoms with Gasteiger partial charge in [-0.15, -0.1) is 0 Å². The van der Waals surface area contributed by atoms with Crippen LogP contribution in [-0.2, 0) is 22.1 Å². The molecule has 11 heteroatoms. The summed E-state index contributed by atoms with van der Waals surface area (Å²) in [5, 5.41) is 0. The topological polar surface area (TPSA) is 122 Å². The van der Waals surface area contributed by atoms with E-state index in [0.29, 0.717) is 24.6 Å². The molecule has 2 aromatic rings. The van der Waals surface area contributed by atoms with Crippen LogP contribution in [-0.4, -0.2) is 26.4 Å². The predicted molar refractivity (Wildman–Crippen MR) is 88.0 cm³/mol. The van der Waals surface area contributed by atoms with Crippen LogP contribution in [0.3, 0.4) is 0 Å². The second-order valence-electron chi connectivity index (χ2n) is 4.76. The molecule has 2 rings (SSSR count). The highest BCUT2D eigenvalue weighted by Gasteiger charge is 2.19. The lowest BCUT2D eigenvalue weighted by Gasteiger charge is -2.04. The van der Waals surface area contributed by atoms with E-state index in [4.69, 9.17) is 15.5 Å². The van der Waals surface area contributed by atoms with Gasteiger partial charge in [-0.1, -0.05) is 18.8 Å². The zero-order valence-electron chi connectivity index (χ0n) is 12.6. The van der Waals surface area contributed by atoms with E-state index in [1.54, 1.807) is 13.1 Å². The Hall–Kier alpha value is -1.09. The van der Waals surface area contributed by atoms with E-state index in [-0.39, 0.29) is 26.4 Å². The molecule has 0 aliphatic rings. The normalized spacial score (nSPS) is 10.8. The van der Waals surface area contributed by atoms with Crippen molar-refractivity contribution in [3.8, 4) is 0 Å². The van der Waals surface area contributed by atoms with Gasteiger partial charge in [0.25, 0.3) is 0 Å². The number of nitrogen functional groups attached to an aromatic ring is 1. The first-order chi connectivity index (χ1) is 10.3. The summed E-state index contributed by atoms with van der Waals surface area (Å²) < 4.78 is 17.1. The van der Waals surface area contributed by atoms with Crippen molar-refractivity contribution in [2.24, 2.45) is 0 Å². The Bertz CT molecular complexity index is 722. The van der Waals surface area contributed by atoms with Gasteiger partial charge in [0.1, 0.15) is 11.6 Å². The Morgan fingerprint density at radius 3 is 2.67 bits per heavy atom. The summed E-state index contributed by atoms with van der Waals surface area (Å²) in [7, 11) is -4.41. The van der Waals surface area contributed by atoms with Crippen LogP contribution < -0.4 is 22.7 Å². The third-order valence-electron chi connectivity index (χ3n) is 3.10. The molecule has 8 nitrogen and oxygen atoms in total. The first kappa shape index (κ1) is 22.9. The molecule has 0 aliphatic carbocycles. The number of thiazole rings is 1. The van der Waals surface area contributed by atoms with Crippen molar-refractivity contribution in [1.82, 2.24) is 9.97 Å². The fourth-order valence-corrected chi connectivity index (χ4v) is 3.23. The van der Waals surface area contributed by atoms with Crippen LogP contribution in [0, 0.1) is 13.8 Å². The van der Waals surface area contributed by atoms with E-state index >= 15 is 0 Å². The molecule has 0 saturated carbocycles. The third kappa shape index (κ3) is 6.43. The number of halogens is 1. The molecule has 136 valence electrons. The van der Waals surface area contributed by atoms with E-state index in [1.807, 2.05) is 17.0 Å². The van der Waals surface area contributed by atoms with Crippen LogP contribution >= 0.6 is 19.2 Å². The first-order valence-electron chi connectivity index (χ1n) is 6.51. The number of phosphoric acid groups is 1. The van der Waals surface area contributed by atoms with Crippen molar-refractivity contribution in [3.05, 3.63) is 33.7 Å². The smallest absolute Gasteiger partial charge is 0.469 e. The molecule has 0 atom stereocenters. The summed E-state index contributed by atoms with van der Waals surface area (Å²) in [6.45, 7) is 4.24. The van der Waals surface area contributed by atoms with Gasteiger partial charge >= 0.3 is 7.82 Å². The Labute approximate surface area is 151 Å². The molecule has 4 N–H and O–H groups in total. The number of nitrogens with two attached hydrogens (primary N) is 1. The molecule has 0 unspecified atom stereocenters. The predicted octanol–water partition coefficient (Wildman–Crippen LogP) is -1.64. The van der Waals surface area contributed by atoms with Crippen molar-refractivity contribution in [2.75, 3.05) is 12.3 Å². The van der Waals surface area contributed by atoms with Crippen molar-refractivity contribution >= 4 is 25.0 Å². The maximum atomic E-state index is 10.7. The van der Waals surface area contributed by atoms with E-state index in [9.17, 15) is 4.57 Å². The highest BCUT2D eigenvalue weighted by molar-refractivity contribution is 7.46. The van der Waals surface area contributed by atoms with Gasteiger partial charge in [0.15, 0.2) is 12.2 Å². The number of hydrogen-bond donors (Lipinski definition) is 3. The van der Waals surface area contributed by atoms with Gasteiger partial charge in [-0.25, -0.2) is 14.5 Å². The zero-order valence-corrected chi connectivity index (χ0v) is 15.1. The Morgan fingerprint density at radius 2 is 2.08 bits per heavy atom. The summed E-state index contributed by atoms with van der Waals surface area (Å²) in [6, 6.07) is 0. The minimum atomic E-state index is -4.41. The number of nitrogens with zero attached hydrogens (tertiary/aromatic N) is 3. The monoisotopic (exact) mass is 396 g/mol.